The lowest BCUT2D eigenvalue weighted by Gasteiger charge is -2.15. The van der Waals surface area contributed by atoms with Crippen LogP contribution in [0.5, 0.6) is 0 Å². The largest absolute Gasteiger partial charge is 0.427 e. The first-order valence-corrected chi connectivity index (χ1v) is 5.45. The van der Waals surface area contributed by atoms with E-state index in [-0.39, 0.29) is 11.8 Å². The fourth-order valence-electron chi connectivity index (χ4n) is 2.21. The highest BCUT2D eigenvalue weighted by molar-refractivity contribution is 6.04. The molecule has 4 nitrogen and oxygen atoms in total. The predicted molar refractivity (Wildman–Crippen MR) is 60.6 cm³/mol. The van der Waals surface area contributed by atoms with Crippen LogP contribution >= 0.6 is 0 Å². The zero-order valence-electron chi connectivity index (χ0n) is 9.35. The molecule has 2 unspecified atom stereocenters. The van der Waals surface area contributed by atoms with Gasteiger partial charge >= 0.3 is 6.18 Å². The van der Waals surface area contributed by atoms with Gasteiger partial charge < -0.3 is 16.0 Å². The first kappa shape index (κ1) is 11.2. The zero-order valence-corrected chi connectivity index (χ0v) is 9.35. The first-order chi connectivity index (χ1) is 8.36. The first-order valence-electron chi connectivity index (χ1n) is 5.45. The molecule has 0 spiro atoms. The summed E-state index contributed by atoms with van der Waals surface area (Å²) in [5, 5.41) is 7.35. The molecule has 2 aliphatic rings. The maximum atomic E-state index is 12.6. The Bertz CT molecular complexity index is 541. The zero-order chi connectivity index (χ0) is 13.1. The number of amides is 1. The normalized spacial score (nSPS) is 25.0. The number of fused-ring (bicyclic) bond motifs is 2. The third kappa shape index (κ3) is 1.50. The number of anilines is 3. The van der Waals surface area contributed by atoms with Crippen molar-refractivity contribution in [1.82, 2.24) is 0 Å². The molecule has 0 fully saturated rings. The Labute approximate surface area is 101 Å². The second-order valence-corrected chi connectivity index (χ2v) is 4.46. The van der Waals surface area contributed by atoms with Crippen molar-refractivity contribution >= 4 is 23.0 Å². The molecule has 18 heavy (non-hydrogen) atoms. The van der Waals surface area contributed by atoms with E-state index in [2.05, 4.69) is 16.0 Å². The lowest BCUT2D eigenvalue weighted by atomic mass is 10.0. The van der Waals surface area contributed by atoms with E-state index in [9.17, 15) is 18.0 Å². The summed E-state index contributed by atoms with van der Waals surface area (Å²) < 4.78 is 37.7. The quantitative estimate of drug-likeness (QED) is 0.669. The standard InChI is InChI=1S/C11H10F3N3O/c1-4-5-2-7-8(3-6(5)15-9(4)18)17-10(16-7)11(12,13)14/h2-4,10,16-17H,1H3,(H,15,18). The molecule has 1 aromatic carbocycles. The highest BCUT2D eigenvalue weighted by atomic mass is 19.4. The molecule has 3 rings (SSSR count). The second kappa shape index (κ2) is 3.30. The molecule has 3 N–H and O–H groups in total. The summed E-state index contributed by atoms with van der Waals surface area (Å²) in [4.78, 5) is 11.5. The molecule has 1 amide bonds. The molecular formula is C11H10F3N3O. The second-order valence-electron chi connectivity index (χ2n) is 4.46. The molecule has 0 aromatic heterocycles. The minimum atomic E-state index is -4.36. The van der Waals surface area contributed by atoms with Crippen LogP contribution in [0.2, 0.25) is 0 Å². The van der Waals surface area contributed by atoms with E-state index in [1.165, 1.54) is 6.07 Å². The number of carbonyl (C=O) groups is 1. The third-order valence-electron chi connectivity index (χ3n) is 3.23. The predicted octanol–water partition coefficient (Wildman–Crippen LogP) is 2.47. The fourth-order valence-corrected chi connectivity index (χ4v) is 2.21. The molecule has 0 aliphatic carbocycles. The van der Waals surface area contributed by atoms with Crippen LogP contribution in [0.4, 0.5) is 30.2 Å². The number of carbonyl (C=O) groups excluding carboxylic acids is 1. The van der Waals surface area contributed by atoms with Crippen LogP contribution in [0.1, 0.15) is 18.4 Å². The average molecular weight is 257 g/mol. The minimum Gasteiger partial charge on any atom is -0.356 e. The van der Waals surface area contributed by atoms with Gasteiger partial charge in [-0.2, -0.15) is 13.2 Å². The van der Waals surface area contributed by atoms with Gasteiger partial charge in [0.15, 0.2) is 6.17 Å². The van der Waals surface area contributed by atoms with Gasteiger partial charge in [-0.1, -0.05) is 0 Å². The molecule has 1 aromatic rings. The van der Waals surface area contributed by atoms with Crippen molar-refractivity contribution in [1.29, 1.82) is 0 Å². The fraction of sp³-hybridized carbons (Fsp3) is 0.364. The Morgan fingerprint density at radius 3 is 2.33 bits per heavy atom. The number of hydrogen-bond acceptors (Lipinski definition) is 3. The lowest BCUT2D eigenvalue weighted by molar-refractivity contribution is -0.135. The Kier molecular flexibility index (Phi) is 2.05. The Morgan fingerprint density at radius 2 is 1.72 bits per heavy atom. The van der Waals surface area contributed by atoms with Gasteiger partial charge in [0.1, 0.15) is 0 Å². The molecule has 2 atom stereocenters. The molecule has 0 saturated carbocycles. The van der Waals surface area contributed by atoms with Crippen molar-refractivity contribution < 1.29 is 18.0 Å². The van der Waals surface area contributed by atoms with Gasteiger partial charge in [-0.05, 0) is 24.6 Å². The van der Waals surface area contributed by atoms with E-state index in [0.29, 0.717) is 17.1 Å². The van der Waals surface area contributed by atoms with Gasteiger partial charge in [-0.3, -0.25) is 4.79 Å². The van der Waals surface area contributed by atoms with Crippen LogP contribution in [0.15, 0.2) is 12.1 Å². The number of halogens is 3. The maximum absolute atomic E-state index is 12.6. The van der Waals surface area contributed by atoms with Crippen molar-refractivity contribution in [3.8, 4) is 0 Å². The minimum absolute atomic E-state index is 0.138. The smallest absolute Gasteiger partial charge is 0.356 e. The van der Waals surface area contributed by atoms with Crippen molar-refractivity contribution in [2.75, 3.05) is 16.0 Å². The van der Waals surface area contributed by atoms with E-state index >= 15 is 0 Å². The average Bonchev–Trinajstić information content (AvgIpc) is 2.79. The SMILES string of the molecule is CC1C(=O)Nc2cc3c(cc21)NC(C(F)(F)F)N3. The van der Waals surface area contributed by atoms with Crippen LogP contribution in [0, 0.1) is 0 Å². The van der Waals surface area contributed by atoms with Gasteiger partial charge in [-0.15, -0.1) is 0 Å². The summed E-state index contributed by atoms with van der Waals surface area (Å²) in [6.45, 7) is 1.72. The van der Waals surface area contributed by atoms with Crippen molar-refractivity contribution in [3.05, 3.63) is 17.7 Å². The van der Waals surface area contributed by atoms with Crippen LogP contribution < -0.4 is 16.0 Å². The van der Waals surface area contributed by atoms with Crippen molar-refractivity contribution in [2.45, 2.75) is 25.2 Å². The summed E-state index contributed by atoms with van der Waals surface area (Å²) in [7, 11) is 0. The van der Waals surface area contributed by atoms with Crippen molar-refractivity contribution in [3.63, 3.8) is 0 Å². The van der Waals surface area contributed by atoms with Crippen molar-refractivity contribution in [2.24, 2.45) is 0 Å². The summed E-state index contributed by atoms with van der Waals surface area (Å²) >= 11 is 0. The topological polar surface area (TPSA) is 53.2 Å². The summed E-state index contributed by atoms with van der Waals surface area (Å²) in [6, 6.07) is 3.12. The van der Waals surface area contributed by atoms with Crippen LogP contribution in [0.3, 0.4) is 0 Å². The number of nitrogens with one attached hydrogen (secondary N) is 3. The van der Waals surface area contributed by atoms with Crippen LogP contribution in [0.25, 0.3) is 0 Å². The van der Waals surface area contributed by atoms with E-state index in [1.54, 1.807) is 13.0 Å². The molecule has 2 heterocycles. The molecule has 7 heteroatoms. The van der Waals surface area contributed by atoms with Crippen LogP contribution in [-0.4, -0.2) is 18.2 Å². The lowest BCUT2D eigenvalue weighted by Crippen LogP contribution is -2.38. The van der Waals surface area contributed by atoms with Gasteiger partial charge in [0.25, 0.3) is 0 Å². The summed E-state index contributed by atoms with van der Waals surface area (Å²) in [6.07, 6.45) is -6.14. The Morgan fingerprint density at radius 1 is 1.11 bits per heavy atom. The third-order valence-corrected chi connectivity index (χ3v) is 3.23. The molecular weight excluding hydrogens is 247 g/mol. The molecule has 0 bridgehead atoms. The van der Waals surface area contributed by atoms with E-state index in [1.807, 2.05) is 0 Å². The van der Waals surface area contributed by atoms with E-state index < -0.39 is 12.3 Å². The van der Waals surface area contributed by atoms with Gasteiger partial charge in [0, 0.05) is 5.69 Å². The highest BCUT2D eigenvalue weighted by Gasteiger charge is 2.44. The maximum Gasteiger partial charge on any atom is 0.427 e. The Balaban J connectivity index is 1.97. The summed E-state index contributed by atoms with van der Waals surface area (Å²) in [5.41, 5.74) is 2.02. The highest BCUT2D eigenvalue weighted by Crippen LogP contribution is 2.42. The number of benzene rings is 1. The molecule has 0 saturated heterocycles. The number of hydrogen-bond donors (Lipinski definition) is 3. The molecule has 96 valence electrons. The Hall–Kier alpha value is -1.92. The monoisotopic (exact) mass is 257 g/mol. The van der Waals surface area contributed by atoms with Crippen LogP contribution in [-0.2, 0) is 4.79 Å². The summed E-state index contributed by atoms with van der Waals surface area (Å²) in [5.74, 6) is -0.474. The number of alkyl halides is 3. The van der Waals surface area contributed by atoms with E-state index in [0.717, 1.165) is 5.56 Å². The van der Waals surface area contributed by atoms with Gasteiger partial charge in [0.05, 0.1) is 17.3 Å². The van der Waals surface area contributed by atoms with Gasteiger partial charge in [-0.25, -0.2) is 0 Å². The molecule has 2 aliphatic heterocycles. The molecule has 0 radical (unpaired) electrons. The van der Waals surface area contributed by atoms with Gasteiger partial charge in [0.2, 0.25) is 5.91 Å². The van der Waals surface area contributed by atoms with E-state index in [4.69, 9.17) is 0 Å². The number of rotatable bonds is 0.